The smallest absolute Gasteiger partial charge is 0.266 e. The summed E-state index contributed by atoms with van der Waals surface area (Å²) < 4.78 is 9.34. The topological polar surface area (TPSA) is 44.1 Å². The van der Waals surface area contributed by atoms with E-state index in [0.717, 1.165) is 8.95 Å². The molecule has 0 aliphatic rings. The van der Waals surface area contributed by atoms with Crippen LogP contribution in [0.25, 0.3) is 16.6 Å². The van der Waals surface area contributed by atoms with Crippen molar-refractivity contribution in [3.05, 3.63) is 59.9 Å². The van der Waals surface area contributed by atoms with Crippen molar-refractivity contribution in [3.8, 4) is 11.4 Å². The number of methoxy groups -OCH3 is 1. The van der Waals surface area contributed by atoms with Gasteiger partial charge in [-0.25, -0.2) is 4.98 Å². The minimum Gasteiger partial charge on any atom is -0.494 e. The van der Waals surface area contributed by atoms with Crippen LogP contribution in [-0.4, -0.2) is 16.7 Å². The van der Waals surface area contributed by atoms with Gasteiger partial charge < -0.3 is 4.74 Å². The van der Waals surface area contributed by atoms with Crippen molar-refractivity contribution < 1.29 is 4.74 Å². The van der Waals surface area contributed by atoms with Crippen LogP contribution in [0.3, 0.4) is 0 Å². The number of fused-ring (bicyclic) bond motifs is 1. The van der Waals surface area contributed by atoms with Crippen molar-refractivity contribution >= 4 is 58.7 Å². The molecule has 130 valence electrons. The summed E-state index contributed by atoms with van der Waals surface area (Å²) in [5.41, 5.74) is 1.26. The van der Waals surface area contributed by atoms with Gasteiger partial charge in [0.15, 0.2) is 0 Å². The Morgan fingerprint density at radius 2 is 1.80 bits per heavy atom. The first kappa shape index (κ1) is 18.6. The van der Waals surface area contributed by atoms with E-state index in [-0.39, 0.29) is 11.5 Å². The lowest BCUT2D eigenvalue weighted by Gasteiger charge is -2.20. The molecule has 0 saturated heterocycles. The lowest BCUT2D eigenvalue weighted by atomic mass is 10.1. The van der Waals surface area contributed by atoms with Crippen LogP contribution in [-0.2, 0) is 0 Å². The Labute approximate surface area is 170 Å². The van der Waals surface area contributed by atoms with Crippen LogP contribution >= 0.6 is 47.8 Å². The second kappa shape index (κ2) is 7.21. The summed E-state index contributed by atoms with van der Waals surface area (Å²) in [5.74, 6) is 1.37. The van der Waals surface area contributed by atoms with E-state index < -0.39 is 0 Å². The van der Waals surface area contributed by atoms with Crippen LogP contribution in [0.2, 0.25) is 0 Å². The molecule has 0 unspecified atom stereocenters. The molecule has 0 amide bonds. The summed E-state index contributed by atoms with van der Waals surface area (Å²) in [6, 6.07) is 9.25. The van der Waals surface area contributed by atoms with E-state index in [1.807, 2.05) is 38.1 Å². The van der Waals surface area contributed by atoms with Crippen molar-refractivity contribution in [2.75, 3.05) is 7.11 Å². The van der Waals surface area contributed by atoms with Gasteiger partial charge in [0.05, 0.1) is 32.6 Å². The number of halogens is 3. The number of rotatable bonds is 3. The number of benzene rings is 2. The van der Waals surface area contributed by atoms with Gasteiger partial charge in [-0.05, 0) is 66.0 Å². The molecule has 0 bridgehead atoms. The summed E-state index contributed by atoms with van der Waals surface area (Å²) in [6.45, 7) is 4.04. The number of para-hydroxylation sites is 1. The van der Waals surface area contributed by atoms with Gasteiger partial charge in [-0.1, -0.05) is 26.0 Å². The van der Waals surface area contributed by atoms with Gasteiger partial charge >= 0.3 is 0 Å². The molecule has 3 rings (SSSR count). The third-order valence-electron chi connectivity index (χ3n) is 3.85. The fourth-order valence-corrected chi connectivity index (χ4v) is 5.51. The van der Waals surface area contributed by atoms with E-state index in [9.17, 15) is 4.79 Å². The number of aromatic nitrogens is 2. The third-order valence-corrected chi connectivity index (χ3v) is 5.78. The second-order valence-corrected chi connectivity index (χ2v) is 8.32. The zero-order valence-electron chi connectivity index (χ0n) is 13.8. The minimum atomic E-state index is -0.111. The predicted octanol–water partition coefficient (Wildman–Crippen LogP) is 5.81. The predicted molar refractivity (Wildman–Crippen MR) is 111 cm³/mol. The van der Waals surface area contributed by atoms with Gasteiger partial charge in [0.25, 0.3) is 5.56 Å². The standard InChI is InChI=1S/C18H15Br3N2O2/c1-9(2)17-22-13-7-5-4-6-10(13)18(24)23(17)15-11(19)8-12(20)16(25-3)14(15)21/h4-9H,1-3H3. The molecular formula is C18H15Br3N2O2. The van der Waals surface area contributed by atoms with Crippen LogP contribution in [0, 0.1) is 0 Å². The highest BCUT2D eigenvalue weighted by molar-refractivity contribution is 9.11. The molecular weight excluding hydrogens is 516 g/mol. The Morgan fingerprint density at radius 1 is 1.12 bits per heavy atom. The van der Waals surface area contributed by atoms with E-state index in [1.165, 1.54) is 0 Å². The lowest BCUT2D eigenvalue weighted by Crippen LogP contribution is -2.25. The summed E-state index contributed by atoms with van der Waals surface area (Å²) >= 11 is 10.6. The molecule has 1 heterocycles. The number of hydrogen-bond donors (Lipinski definition) is 0. The highest BCUT2D eigenvalue weighted by atomic mass is 79.9. The van der Waals surface area contributed by atoms with Gasteiger partial charge in [-0.3, -0.25) is 9.36 Å². The second-order valence-electron chi connectivity index (χ2n) is 5.82. The normalized spacial score (nSPS) is 11.3. The van der Waals surface area contributed by atoms with Gasteiger partial charge in [-0.15, -0.1) is 0 Å². The maximum Gasteiger partial charge on any atom is 0.266 e. The Bertz CT molecular complexity index is 1030. The first-order valence-corrected chi connectivity index (χ1v) is 9.98. The fraction of sp³-hybridized carbons (Fsp3) is 0.222. The molecule has 1 aromatic heterocycles. The lowest BCUT2D eigenvalue weighted by molar-refractivity contribution is 0.409. The van der Waals surface area contributed by atoms with Crippen LogP contribution in [0.15, 0.2) is 48.5 Å². The first-order valence-electron chi connectivity index (χ1n) is 7.60. The molecule has 4 nitrogen and oxygen atoms in total. The van der Waals surface area contributed by atoms with Crippen LogP contribution in [0.5, 0.6) is 5.75 Å². The van der Waals surface area contributed by atoms with E-state index >= 15 is 0 Å². The van der Waals surface area contributed by atoms with E-state index in [0.29, 0.717) is 32.6 Å². The summed E-state index contributed by atoms with van der Waals surface area (Å²) in [7, 11) is 1.59. The van der Waals surface area contributed by atoms with Crippen molar-refractivity contribution in [1.82, 2.24) is 9.55 Å². The van der Waals surface area contributed by atoms with Gasteiger partial charge in [0, 0.05) is 10.4 Å². The van der Waals surface area contributed by atoms with Gasteiger partial charge in [-0.2, -0.15) is 0 Å². The molecule has 25 heavy (non-hydrogen) atoms. The van der Waals surface area contributed by atoms with Gasteiger partial charge in [0.2, 0.25) is 0 Å². The summed E-state index contributed by atoms with van der Waals surface area (Å²) in [5, 5.41) is 0.576. The number of nitrogens with zero attached hydrogens (tertiary/aromatic N) is 2. The Balaban J connectivity index is 2.50. The zero-order chi connectivity index (χ0) is 18.3. The largest absolute Gasteiger partial charge is 0.494 e. The van der Waals surface area contributed by atoms with Crippen LogP contribution in [0.4, 0.5) is 0 Å². The van der Waals surface area contributed by atoms with Crippen molar-refractivity contribution in [2.24, 2.45) is 0 Å². The molecule has 0 aliphatic carbocycles. The Morgan fingerprint density at radius 3 is 2.44 bits per heavy atom. The summed E-state index contributed by atoms with van der Waals surface area (Å²) in [4.78, 5) is 18.0. The maximum atomic E-state index is 13.3. The van der Waals surface area contributed by atoms with Gasteiger partial charge in [0.1, 0.15) is 11.6 Å². The van der Waals surface area contributed by atoms with Crippen molar-refractivity contribution in [1.29, 1.82) is 0 Å². The Kier molecular flexibility index (Phi) is 5.37. The summed E-state index contributed by atoms with van der Waals surface area (Å²) in [6.07, 6.45) is 0. The average molecular weight is 531 g/mol. The SMILES string of the molecule is COc1c(Br)cc(Br)c(-n2c(C(C)C)nc3ccccc3c2=O)c1Br. The van der Waals surface area contributed by atoms with Crippen LogP contribution < -0.4 is 10.3 Å². The highest BCUT2D eigenvalue weighted by Crippen LogP contribution is 2.42. The Hall–Kier alpha value is -1.18. The molecule has 0 saturated carbocycles. The average Bonchev–Trinajstić information content (AvgIpc) is 2.56. The monoisotopic (exact) mass is 528 g/mol. The highest BCUT2D eigenvalue weighted by Gasteiger charge is 2.22. The molecule has 2 aromatic carbocycles. The molecule has 0 atom stereocenters. The molecule has 0 aliphatic heterocycles. The van der Waals surface area contributed by atoms with Crippen molar-refractivity contribution in [2.45, 2.75) is 19.8 Å². The quantitative estimate of drug-likeness (QED) is 0.429. The molecule has 0 radical (unpaired) electrons. The van der Waals surface area contributed by atoms with E-state index in [2.05, 4.69) is 47.8 Å². The number of ether oxygens (including phenoxy) is 1. The van der Waals surface area contributed by atoms with Crippen molar-refractivity contribution in [3.63, 3.8) is 0 Å². The minimum absolute atomic E-state index is 0.0609. The fourth-order valence-electron chi connectivity index (χ4n) is 2.71. The van der Waals surface area contributed by atoms with E-state index in [4.69, 9.17) is 9.72 Å². The maximum absolute atomic E-state index is 13.3. The molecule has 3 aromatic rings. The zero-order valence-corrected chi connectivity index (χ0v) is 18.6. The van der Waals surface area contributed by atoms with E-state index in [1.54, 1.807) is 17.7 Å². The number of hydrogen-bond acceptors (Lipinski definition) is 3. The molecule has 0 spiro atoms. The molecule has 7 heteroatoms. The third kappa shape index (κ3) is 3.17. The molecule has 0 fully saturated rings. The molecule has 0 N–H and O–H groups in total. The first-order chi connectivity index (χ1) is 11.9. The van der Waals surface area contributed by atoms with Crippen LogP contribution in [0.1, 0.15) is 25.6 Å².